The monoisotopic (exact) mass is 463 g/mol. The zero-order valence-electron chi connectivity index (χ0n) is 18.0. The van der Waals surface area contributed by atoms with Gasteiger partial charge < -0.3 is 9.80 Å². The van der Waals surface area contributed by atoms with E-state index in [1.165, 1.54) is 12.1 Å². The standard InChI is InChI=1S/C26H23ClFN3O2/c27-20-10-8-19(9-11-20)26-17-23-22(4-2-14-29-23)25(33)31(26)16-15-30(26)24(32)5-1-3-18-6-12-21(28)13-7-18/h2,4,6-14H,1,3,5,15-17H2. The number of carbonyl (C=O) groups excluding carboxylic acids is 2. The van der Waals surface area contributed by atoms with Crippen molar-refractivity contribution < 1.29 is 14.0 Å². The smallest absolute Gasteiger partial charge is 0.257 e. The van der Waals surface area contributed by atoms with Crippen LogP contribution in [0.15, 0.2) is 66.9 Å². The summed E-state index contributed by atoms with van der Waals surface area (Å²) in [4.78, 5) is 35.0. The molecule has 1 unspecified atom stereocenters. The number of rotatable bonds is 5. The van der Waals surface area contributed by atoms with Crippen LogP contribution in [0.25, 0.3) is 0 Å². The molecule has 1 atom stereocenters. The second kappa shape index (κ2) is 8.60. The number of carbonyl (C=O) groups is 2. The topological polar surface area (TPSA) is 53.5 Å². The second-order valence-electron chi connectivity index (χ2n) is 8.48. The highest BCUT2D eigenvalue weighted by molar-refractivity contribution is 6.30. The molecule has 0 aliphatic carbocycles. The number of halogens is 2. The SMILES string of the molecule is O=C(CCCc1ccc(F)cc1)N1CCN2C(=O)c3cccnc3CC12c1ccc(Cl)cc1. The summed E-state index contributed by atoms with van der Waals surface area (Å²) in [6.07, 6.45) is 3.77. The Labute approximate surface area is 196 Å². The Kier molecular flexibility index (Phi) is 5.62. The first-order valence-corrected chi connectivity index (χ1v) is 11.4. The Morgan fingerprint density at radius 1 is 1.06 bits per heavy atom. The van der Waals surface area contributed by atoms with E-state index in [1.807, 2.05) is 17.0 Å². The average Bonchev–Trinajstić information content (AvgIpc) is 3.21. The highest BCUT2D eigenvalue weighted by Crippen LogP contribution is 2.44. The molecule has 1 aromatic heterocycles. The second-order valence-corrected chi connectivity index (χ2v) is 8.92. The van der Waals surface area contributed by atoms with Crippen molar-refractivity contribution in [3.8, 4) is 0 Å². The van der Waals surface area contributed by atoms with Gasteiger partial charge in [0.15, 0.2) is 0 Å². The van der Waals surface area contributed by atoms with Crippen molar-refractivity contribution in [2.45, 2.75) is 31.3 Å². The molecule has 3 aromatic rings. The van der Waals surface area contributed by atoms with Crippen LogP contribution in [-0.2, 0) is 23.3 Å². The number of hydrogen-bond donors (Lipinski definition) is 0. The average molecular weight is 464 g/mol. The summed E-state index contributed by atoms with van der Waals surface area (Å²) in [7, 11) is 0. The Balaban J connectivity index is 1.45. The number of benzene rings is 2. The van der Waals surface area contributed by atoms with Crippen LogP contribution in [0.4, 0.5) is 4.39 Å². The Morgan fingerprint density at radius 3 is 2.58 bits per heavy atom. The van der Waals surface area contributed by atoms with E-state index in [-0.39, 0.29) is 17.6 Å². The first-order valence-electron chi connectivity index (χ1n) is 11.1. The normalized spacial score (nSPS) is 19.4. The van der Waals surface area contributed by atoms with Gasteiger partial charge in [-0.2, -0.15) is 0 Å². The van der Waals surface area contributed by atoms with Gasteiger partial charge in [0.25, 0.3) is 5.91 Å². The molecular formula is C26H23ClFN3O2. The molecule has 33 heavy (non-hydrogen) atoms. The van der Waals surface area contributed by atoms with Gasteiger partial charge in [0.1, 0.15) is 11.5 Å². The minimum absolute atomic E-state index is 0.0123. The molecule has 5 nitrogen and oxygen atoms in total. The minimum atomic E-state index is -0.921. The molecule has 1 fully saturated rings. The van der Waals surface area contributed by atoms with E-state index in [1.54, 1.807) is 47.5 Å². The fraction of sp³-hybridized carbons (Fsp3) is 0.269. The Hall–Kier alpha value is -3.25. The van der Waals surface area contributed by atoms with Crippen molar-refractivity contribution in [1.82, 2.24) is 14.8 Å². The fourth-order valence-corrected chi connectivity index (χ4v) is 5.15. The van der Waals surface area contributed by atoms with Crippen LogP contribution >= 0.6 is 11.6 Å². The number of hydrogen-bond acceptors (Lipinski definition) is 3. The number of pyridine rings is 1. The van der Waals surface area contributed by atoms with Crippen molar-refractivity contribution in [1.29, 1.82) is 0 Å². The summed E-state index contributed by atoms with van der Waals surface area (Å²) >= 11 is 6.14. The highest BCUT2D eigenvalue weighted by Gasteiger charge is 2.55. The predicted octanol–water partition coefficient (Wildman–Crippen LogP) is 4.59. The molecule has 1 saturated heterocycles. The number of nitrogens with zero attached hydrogens (tertiary/aromatic N) is 3. The van der Waals surface area contributed by atoms with Crippen LogP contribution in [0, 0.1) is 5.82 Å². The Morgan fingerprint density at radius 2 is 1.82 bits per heavy atom. The molecule has 0 saturated carbocycles. The molecule has 3 heterocycles. The van der Waals surface area contributed by atoms with Crippen LogP contribution in [0.3, 0.4) is 0 Å². The van der Waals surface area contributed by atoms with Gasteiger partial charge in [-0.15, -0.1) is 0 Å². The summed E-state index contributed by atoms with van der Waals surface area (Å²) in [5.41, 5.74) is 2.20. The maximum Gasteiger partial charge on any atom is 0.257 e. The van der Waals surface area contributed by atoms with Gasteiger partial charge in [0.05, 0.1) is 11.3 Å². The number of amides is 2. The lowest BCUT2D eigenvalue weighted by Gasteiger charge is -2.47. The summed E-state index contributed by atoms with van der Waals surface area (Å²) in [5.74, 6) is -0.393. The number of aryl methyl sites for hydroxylation is 1. The molecule has 2 amide bonds. The maximum absolute atomic E-state index is 13.5. The van der Waals surface area contributed by atoms with Crippen LogP contribution in [-0.4, -0.2) is 39.7 Å². The van der Waals surface area contributed by atoms with Gasteiger partial charge in [-0.25, -0.2) is 4.39 Å². The van der Waals surface area contributed by atoms with Gasteiger partial charge >= 0.3 is 0 Å². The van der Waals surface area contributed by atoms with Crippen molar-refractivity contribution in [3.05, 3.63) is 100 Å². The zero-order chi connectivity index (χ0) is 23.0. The third kappa shape index (κ3) is 3.78. The summed E-state index contributed by atoms with van der Waals surface area (Å²) in [5, 5.41) is 0.595. The molecular weight excluding hydrogens is 441 g/mol. The highest BCUT2D eigenvalue weighted by atomic mass is 35.5. The molecule has 2 aromatic carbocycles. The maximum atomic E-state index is 13.5. The van der Waals surface area contributed by atoms with Crippen LogP contribution in [0.5, 0.6) is 0 Å². The molecule has 0 bridgehead atoms. The fourth-order valence-electron chi connectivity index (χ4n) is 5.02. The van der Waals surface area contributed by atoms with E-state index < -0.39 is 5.66 Å². The molecule has 2 aliphatic rings. The Bertz CT molecular complexity index is 1200. The third-order valence-electron chi connectivity index (χ3n) is 6.60. The van der Waals surface area contributed by atoms with Gasteiger partial charge in [-0.3, -0.25) is 14.6 Å². The van der Waals surface area contributed by atoms with Crippen LogP contribution < -0.4 is 0 Å². The summed E-state index contributed by atoms with van der Waals surface area (Å²) in [6.45, 7) is 0.914. The third-order valence-corrected chi connectivity index (χ3v) is 6.85. The lowest BCUT2D eigenvalue weighted by molar-refractivity contribution is -0.139. The van der Waals surface area contributed by atoms with E-state index >= 15 is 0 Å². The van der Waals surface area contributed by atoms with E-state index in [4.69, 9.17) is 11.6 Å². The quantitative estimate of drug-likeness (QED) is 0.556. The first-order chi connectivity index (χ1) is 16.0. The van der Waals surface area contributed by atoms with Crippen LogP contribution in [0.2, 0.25) is 5.02 Å². The summed E-state index contributed by atoms with van der Waals surface area (Å²) < 4.78 is 13.2. The minimum Gasteiger partial charge on any atom is -0.313 e. The molecule has 0 N–H and O–H groups in total. The van der Waals surface area contributed by atoms with Gasteiger partial charge in [-0.05, 0) is 60.4 Å². The zero-order valence-corrected chi connectivity index (χ0v) is 18.8. The molecule has 5 rings (SSSR count). The molecule has 0 spiro atoms. The van der Waals surface area contributed by atoms with E-state index in [2.05, 4.69) is 4.98 Å². The predicted molar refractivity (Wildman–Crippen MR) is 123 cm³/mol. The van der Waals surface area contributed by atoms with Crippen molar-refractivity contribution in [2.75, 3.05) is 13.1 Å². The lowest BCUT2D eigenvalue weighted by atomic mass is 9.86. The van der Waals surface area contributed by atoms with E-state index in [0.717, 1.165) is 11.1 Å². The number of aromatic nitrogens is 1. The van der Waals surface area contributed by atoms with Gasteiger partial charge in [-0.1, -0.05) is 35.9 Å². The molecule has 0 radical (unpaired) electrons. The first kappa shape index (κ1) is 21.6. The summed E-state index contributed by atoms with van der Waals surface area (Å²) in [6, 6.07) is 17.3. The number of fused-ring (bicyclic) bond motifs is 2. The largest absolute Gasteiger partial charge is 0.313 e. The molecule has 168 valence electrons. The lowest BCUT2D eigenvalue weighted by Crippen LogP contribution is -2.58. The van der Waals surface area contributed by atoms with E-state index in [9.17, 15) is 14.0 Å². The van der Waals surface area contributed by atoms with E-state index in [0.29, 0.717) is 55.1 Å². The van der Waals surface area contributed by atoms with Crippen molar-refractivity contribution in [2.24, 2.45) is 0 Å². The molecule has 7 heteroatoms. The van der Waals surface area contributed by atoms with Crippen LogP contribution in [0.1, 0.15) is 40.0 Å². The van der Waals surface area contributed by atoms with Crippen molar-refractivity contribution >= 4 is 23.4 Å². The van der Waals surface area contributed by atoms with Crippen molar-refractivity contribution in [3.63, 3.8) is 0 Å². The van der Waals surface area contributed by atoms with Gasteiger partial charge in [0.2, 0.25) is 5.91 Å². The molecule has 2 aliphatic heterocycles. The van der Waals surface area contributed by atoms with Gasteiger partial charge in [0, 0.05) is 37.2 Å².